The summed E-state index contributed by atoms with van der Waals surface area (Å²) in [5, 5.41) is 12.0. The zero-order valence-corrected chi connectivity index (χ0v) is 15.7. The van der Waals surface area contributed by atoms with Crippen LogP contribution in [0.15, 0.2) is 71.7 Å². The Kier molecular flexibility index (Phi) is 6.19. The smallest absolute Gasteiger partial charge is 0.255 e. The van der Waals surface area contributed by atoms with Gasteiger partial charge in [-0.15, -0.1) is 0 Å². The van der Waals surface area contributed by atoms with Gasteiger partial charge in [-0.1, -0.05) is 30.3 Å². The predicted molar refractivity (Wildman–Crippen MR) is 113 cm³/mol. The minimum Gasteiger partial charge on any atom is -0.497 e. The van der Waals surface area contributed by atoms with Gasteiger partial charge in [-0.3, -0.25) is 9.79 Å². The van der Waals surface area contributed by atoms with E-state index in [2.05, 4.69) is 17.0 Å². The van der Waals surface area contributed by atoms with Gasteiger partial charge in [0.15, 0.2) is 0 Å². The van der Waals surface area contributed by atoms with Gasteiger partial charge in [0.25, 0.3) is 5.91 Å². The lowest BCUT2D eigenvalue weighted by molar-refractivity contribution is 0.102. The van der Waals surface area contributed by atoms with E-state index in [1.165, 1.54) is 0 Å². The Hall–Kier alpha value is -3.44. The second kappa shape index (κ2) is 8.97. The van der Waals surface area contributed by atoms with Crippen LogP contribution in [0.4, 0.5) is 11.4 Å². The third-order valence-electron chi connectivity index (χ3n) is 4.46. The number of aliphatic hydroxyl groups is 1. The summed E-state index contributed by atoms with van der Waals surface area (Å²) < 4.78 is 5.12. The number of methoxy groups -OCH3 is 1. The summed E-state index contributed by atoms with van der Waals surface area (Å²) in [6, 6.07) is 20.5. The van der Waals surface area contributed by atoms with Crippen LogP contribution in [0.3, 0.4) is 0 Å². The average molecular weight is 374 g/mol. The van der Waals surface area contributed by atoms with Gasteiger partial charge in [0, 0.05) is 12.2 Å². The molecule has 0 saturated carbocycles. The number of aliphatic hydroxyl groups excluding tert-OH is 1. The van der Waals surface area contributed by atoms with Crippen molar-refractivity contribution in [3.05, 3.63) is 77.9 Å². The molecular weight excluding hydrogens is 352 g/mol. The molecule has 3 aromatic carbocycles. The maximum Gasteiger partial charge on any atom is 0.255 e. The zero-order valence-electron chi connectivity index (χ0n) is 15.7. The lowest BCUT2D eigenvalue weighted by atomic mass is 10.0. The number of nitrogens with one attached hydrogen (secondary N) is 1. The van der Waals surface area contributed by atoms with Gasteiger partial charge in [0.1, 0.15) is 5.75 Å². The normalized spacial score (nSPS) is 10.4. The molecule has 0 aliphatic rings. The number of carbonyl (C=O) groups excluding carboxylic acids is 1. The van der Waals surface area contributed by atoms with Gasteiger partial charge in [-0.2, -0.15) is 0 Å². The van der Waals surface area contributed by atoms with Crippen molar-refractivity contribution >= 4 is 24.0 Å². The summed E-state index contributed by atoms with van der Waals surface area (Å²) in [5.41, 5.74) is 4.75. The highest BCUT2D eigenvalue weighted by Gasteiger charge is 2.11. The molecule has 3 rings (SSSR count). The number of nitrogens with zero attached hydrogens (tertiary/aromatic N) is 1. The summed E-state index contributed by atoms with van der Waals surface area (Å²) in [7, 11) is 1.58. The molecule has 0 aliphatic heterocycles. The van der Waals surface area contributed by atoms with Crippen molar-refractivity contribution in [2.75, 3.05) is 19.0 Å². The molecule has 0 heterocycles. The van der Waals surface area contributed by atoms with Crippen molar-refractivity contribution in [1.29, 1.82) is 0 Å². The molecule has 1 amide bonds. The van der Waals surface area contributed by atoms with E-state index in [1.54, 1.807) is 31.4 Å². The van der Waals surface area contributed by atoms with E-state index >= 15 is 0 Å². The molecule has 0 bridgehead atoms. The van der Waals surface area contributed by atoms with E-state index in [-0.39, 0.29) is 12.5 Å². The fourth-order valence-electron chi connectivity index (χ4n) is 2.88. The molecule has 0 saturated heterocycles. The summed E-state index contributed by atoms with van der Waals surface area (Å²) in [4.78, 5) is 16.6. The molecule has 2 N–H and O–H groups in total. The maximum absolute atomic E-state index is 12.6. The third kappa shape index (κ3) is 4.45. The van der Waals surface area contributed by atoms with E-state index < -0.39 is 0 Å². The van der Waals surface area contributed by atoms with Crippen LogP contribution >= 0.6 is 0 Å². The Morgan fingerprint density at radius 1 is 1.04 bits per heavy atom. The highest BCUT2D eigenvalue weighted by Crippen LogP contribution is 2.31. The Balaban J connectivity index is 1.86. The van der Waals surface area contributed by atoms with Gasteiger partial charge in [-0.05, 0) is 66.2 Å². The number of carbonyl (C=O) groups is 1. The lowest BCUT2D eigenvalue weighted by Gasteiger charge is -2.11. The molecule has 3 aromatic rings. The van der Waals surface area contributed by atoms with Crippen LogP contribution in [0.5, 0.6) is 5.75 Å². The van der Waals surface area contributed by atoms with Gasteiger partial charge in [0.05, 0.1) is 18.5 Å². The highest BCUT2D eigenvalue weighted by atomic mass is 16.5. The largest absolute Gasteiger partial charge is 0.497 e. The van der Waals surface area contributed by atoms with Crippen LogP contribution in [0.1, 0.15) is 15.9 Å². The topological polar surface area (TPSA) is 70.9 Å². The first kappa shape index (κ1) is 19.3. The number of amides is 1. The van der Waals surface area contributed by atoms with Crippen molar-refractivity contribution in [2.24, 2.45) is 4.99 Å². The molecule has 5 heteroatoms. The van der Waals surface area contributed by atoms with Gasteiger partial charge in [0.2, 0.25) is 0 Å². The maximum atomic E-state index is 12.6. The fourth-order valence-corrected chi connectivity index (χ4v) is 2.88. The van der Waals surface area contributed by atoms with E-state index in [1.807, 2.05) is 42.5 Å². The standard InChI is InChI=1S/C23H22N2O3/c1-24-21-12-9-19(17-5-3-16(4-6-17)13-14-26)15-22(21)25-23(27)18-7-10-20(28-2)11-8-18/h3-12,15,26H,1,13-14H2,2H3,(H,25,27). The fraction of sp³-hybridized carbons (Fsp3) is 0.130. The number of anilines is 1. The first-order valence-electron chi connectivity index (χ1n) is 8.91. The van der Waals surface area contributed by atoms with E-state index in [9.17, 15) is 4.79 Å². The summed E-state index contributed by atoms with van der Waals surface area (Å²) in [5.74, 6) is 0.458. The average Bonchev–Trinajstić information content (AvgIpc) is 2.74. The second-order valence-corrected chi connectivity index (χ2v) is 6.24. The molecule has 0 aliphatic carbocycles. The Morgan fingerprint density at radius 2 is 1.71 bits per heavy atom. The number of ether oxygens (including phenoxy) is 1. The van der Waals surface area contributed by atoms with Gasteiger partial charge in [-0.25, -0.2) is 0 Å². The minimum absolute atomic E-state index is 0.126. The van der Waals surface area contributed by atoms with Crippen molar-refractivity contribution < 1.29 is 14.6 Å². The summed E-state index contributed by atoms with van der Waals surface area (Å²) in [6.45, 7) is 3.71. The van der Waals surface area contributed by atoms with Crippen LogP contribution in [-0.2, 0) is 6.42 Å². The highest BCUT2D eigenvalue weighted by molar-refractivity contribution is 6.06. The lowest BCUT2D eigenvalue weighted by Crippen LogP contribution is -2.12. The van der Waals surface area contributed by atoms with E-state index in [0.29, 0.717) is 29.1 Å². The molecule has 0 spiro atoms. The molecule has 0 fully saturated rings. The Morgan fingerprint density at radius 3 is 2.32 bits per heavy atom. The summed E-state index contributed by atoms with van der Waals surface area (Å²) in [6.07, 6.45) is 0.628. The van der Waals surface area contributed by atoms with Crippen LogP contribution in [0, 0.1) is 0 Å². The van der Waals surface area contributed by atoms with Crippen molar-refractivity contribution in [3.8, 4) is 16.9 Å². The van der Waals surface area contributed by atoms with Crippen LogP contribution in [-0.4, -0.2) is 31.4 Å². The van der Waals surface area contributed by atoms with Crippen LogP contribution in [0.2, 0.25) is 0 Å². The Labute approximate surface area is 164 Å². The quantitative estimate of drug-likeness (QED) is 0.599. The van der Waals surface area contributed by atoms with Crippen molar-refractivity contribution in [2.45, 2.75) is 6.42 Å². The van der Waals surface area contributed by atoms with Gasteiger partial charge >= 0.3 is 0 Å². The minimum atomic E-state index is -0.233. The number of aliphatic imine (C=N–C) groups is 1. The predicted octanol–water partition coefficient (Wildman–Crippen LogP) is 4.48. The molecule has 0 atom stereocenters. The van der Waals surface area contributed by atoms with Crippen molar-refractivity contribution in [1.82, 2.24) is 0 Å². The second-order valence-electron chi connectivity index (χ2n) is 6.24. The molecular formula is C23H22N2O3. The number of hydrogen-bond donors (Lipinski definition) is 2. The Bertz CT molecular complexity index is 964. The molecule has 142 valence electrons. The van der Waals surface area contributed by atoms with E-state index in [4.69, 9.17) is 9.84 Å². The number of rotatable bonds is 7. The number of hydrogen-bond acceptors (Lipinski definition) is 4. The van der Waals surface area contributed by atoms with Gasteiger partial charge < -0.3 is 15.2 Å². The van der Waals surface area contributed by atoms with E-state index in [0.717, 1.165) is 16.7 Å². The first-order chi connectivity index (χ1) is 13.6. The SMILES string of the molecule is C=Nc1ccc(-c2ccc(CCO)cc2)cc1NC(=O)c1ccc(OC)cc1. The van der Waals surface area contributed by atoms with Crippen LogP contribution in [0.25, 0.3) is 11.1 Å². The summed E-state index contributed by atoms with van der Waals surface area (Å²) >= 11 is 0. The van der Waals surface area contributed by atoms with Crippen LogP contribution < -0.4 is 10.1 Å². The van der Waals surface area contributed by atoms with Crippen molar-refractivity contribution in [3.63, 3.8) is 0 Å². The molecule has 0 unspecified atom stereocenters. The molecule has 28 heavy (non-hydrogen) atoms. The zero-order chi connectivity index (χ0) is 19.9. The molecule has 5 nitrogen and oxygen atoms in total. The monoisotopic (exact) mass is 374 g/mol. The molecule has 0 aromatic heterocycles. The first-order valence-corrected chi connectivity index (χ1v) is 8.91. The third-order valence-corrected chi connectivity index (χ3v) is 4.46. The number of benzene rings is 3. The molecule has 0 radical (unpaired) electrons.